The minimum absolute atomic E-state index is 0.177. The van der Waals surface area contributed by atoms with Crippen LogP contribution in [0.3, 0.4) is 0 Å². The zero-order valence-corrected chi connectivity index (χ0v) is 17.4. The lowest BCUT2D eigenvalue weighted by Gasteiger charge is -2.25. The van der Waals surface area contributed by atoms with Crippen LogP contribution in [-0.4, -0.2) is 62.6 Å². The summed E-state index contributed by atoms with van der Waals surface area (Å²) in [6, 6.07) is 8.33. The molecule has 1 atom stereocenters. The van der Waals surface area contributed by atoms with Gasteiger partial charge < -0.3 is 20.1 Å². The molecule has 162 valence electrons. The molecule has 9 nitrogen and oxygen atoms in total. The molecule has 1 amide bonds. The normalized spacial score (nSPS) is 12.4. The molecule has 2 aromatic rings. The molecule has 0 saturated heterocycles. The van der Waals surface area contributed by atoms with Gasteiger partial charge in [0.05, 0.1) is 19.4 Å². The Balaban J connectivity index is 2.07. The summed E-state index contributed by atoms with van der Waals surface area (Å²) in [4.78, 5) is 44.8. The first-order valence-electron chi connectivity index (χ1n) is 9.60. The first-order valence-corrected chi connectivity index (χ1v) is 9.60. The van der Waals surface area contributed by atoms with Crippen LogP contribution in [0.2, 0.25) is 0 Å². The third-order valence-electron chi connectivity index (χ3n) is 3.98. The summed E-state index contributed by atoms with van der Waals surface area (Å²) < 4.78 is 5.42. The molecule has 0 saturated carbocycles. The Labute approximate surface area is 175 Å². The number of hydrogen-bond donors (Lipinski definition) is 3. The Morgan fingerprint density at radius 3 is 2.47 bits per heavy atom. The third-order valence-corrected chi connectivity index (χ3v) is 3.98. The van der Waals surface area contributed by atoms with Gasteiger partial charge in [-0.2, -0.15) is 0 Å². The van der Waals surface area contributed by atoms with Gasteiger partial charge in [0.15, 0.2) is 0 Å². The second-order valence-electron chi connectivity index (χ2n) is 7.96. The van der Waals surface area contributed by atoms with Gasteiger partial charge in [-0.15, -0.1) is 0 Å². The van der Waals surface area contributed by atoms with Gasteiger partial charge in [-0.1, -0.05) is 30.3 Å². The van der Waals surface area contributed by atoms with Crippen LogP contribution in [0.1, 0.15) is 32.0 Å². The van der Waals surface area contributed by atoms with Crippen LogP contribution in [0.4, 0.5) is 0 Å². The van der Waals surface area contributed by atoms with Gasteiger partial charge in [0, 0.05) is 24.9 Å². The first kappa shape index (κ1) is 23.1. The summed E-state index contributed by atoms with van der Waals surface area (Å²) in [7, 11) is 0. The monoisotopic (exact) mass is 416 g/mol. The van der Waals surface area contributed by atoms with Crippen molar-refractivity contribution in [2.45, 2.75) is 45.4 Å². The molecule has 2 rings (SSSR count). The Bertz CT molecular complexity index is 831. The van der Waals surface area contributed by atoms with E-state index in [1.807, 2.05) is 30.3 Å². The Hall–Kier alpha value is -3.20. The highest BCUT2D eigenvalue weighted by Gasteiger charge is 2.28. The van der Waals surface area contributed by atoms with Crippen LogP contribution in [0.15, 0.2) is 42.9 Å². The van der Waals surface area contributed by atoms with E-state index < -0.39 is 29.5 Å². The van der Waals surface area contributed by atoms with Crippen molar-refractivity contribution in [1.29, 1.82) is 0 Å². The summed E-state index contributed by atoms with van der Waals surface area (Å²) in [5.74, 6) is -2.08. The highest BCUT2D eigenvalue weighted by Crippen LogP contribution is 2.11. The molecule has 1 aromatic heterocycles. The number of amides is 1. The number of ether oxygens (including phenoxy) is 1. The van der Waals surface area contributed by atoms with Crippen molar-refractivity contribution in [3.63, 3.8) is 0 Å². The van der Waals surface area contributed by atoms with Crippen molar-refractivity contribution in [3.8, 4) is 0 Å². The minimum Gasteiger partial charge on any atom is -0.480 e. The van der Waals surface area contributed by atoms with E-state index in [0.717, 1.165) is 5.56 Å². The lowest BCUT2D eigenvalue weighted by molar-refractivity contribution is -0.158. The summed E-state index contributed by atoms with van der Waals surface area (Å²) in [6.45, 7) is 5.04. The van der Waals surface area contributed by atoms with E-state index in [2.05, 4.69) is 15.3 Å². The molecule has 9 heteroatoms. The molecular formula is C21H28N4O5. The lowest BCUT2D eigenvalue weighted by Crippen LogP contribution is -2.49. The van der Waals surface area contributed by atoms with E-state index >= 15 is 0 Å². The number of imidazole rings is 1. The lowest BCUT2D eigenvalue weighted by atomic mass is 10.1. The molecule has 0 aliphatic rings. The molecule has 0 aliphatic carbocycles. The maximum absolute atomic E-state index is 12.7. The van der Waals surface area contributed by atoms with Crippen molar-refractivity contribution < 1.29 is 24.2 Å². The van der Waals surface area contributed by atoms with Gasteiger partial charge in [0.1, 0.15) is 11.6 Å². The van der Waals surface area contributed by atoms with E-state index in [9.17, 15) is 19.5 Å². The predicted molar refractivity (Wildman–Crippen MR) is 109 cm³/mol. The molecule has 0 radical (unpaired) electrons. The molecule has 1 heterocycles. The van der Waals surface area contributed by atoms with Crippen molar-refractivity contribution in [1.82, 2.24) is 20.2 Å². The fourth-order valence-corrected chi connectivity index (χ4v) is 2.83. The van der Waals surface area contributed by atoms with Gasteiger partial charge >= 0.3 is 11.9 Å². The standard InChI is InChI=1S/C21H28N4O5/c1-21(2,3)30-20(29)17(9-16-10-22-14-23-16)24-18(26)12-25(13-19(27)28)11-15-7-5-4-6-8-15/h4-8,10,14,17H,9,11-13H2,1-3H3,(H,22,23)(H,24,26)(H,27,28)/t17-/m0/s1. The molecule has 0 bridgehead atoms. The quantitative estimate of drug-likeness (QED) is 0.500. The number of carboxylic acids is 1. The first-order chi connectivity index (χ1) is 14.1. The van der Waals surface area contributed by atoms with E-state index in [-0.39, 0.29) is 26.1 Å². The van der Waals surface area contributed by atoms with Crippen molar-refractivity contribution in [2.24, 2.45) is 0 Å². The predicted octanol–water partition coefficient (Wildman–Crippen LogP) is 1.37. The average Bonchev–Trinajstić information content (AvgIpc) is 3.13. The Kier molecular flexibility index (Phi) is 8.11. The van der Waals surface area contributed by atoms with E-state index in [0.29, 0.717) is 5.69 Å². The van der Waals surface area contributed by atoms with Crippen LogP contribution < -0.4 is 5.32 Å². The molecule has 0 unspecified atom stereocenters. The van der Waals surface area contributed by atoms with Gasteiger partial charge in [0.25, 0.3) is 0 Å². The van der Waals surface area contributed by atoms with Crippen LogP contribution in [0, 0.1) is 0 Å². The molecule has 30 heavy (non-hydrogen) atoms. The number of aromatic amines is 1. The molecule has 3 N–H and O–H groups in total. The van der Waals surface area contributed by atoms with Crippen LogP contribution in [-0.2, 0) is 32.1 Å². The van der Waals surface area contributed by atoms with Gasteiger partial charge in [-0.3, -0.25) is 14.5 Å². The maximum atomic E-state index is 12.7. The highest BCUT2D eigenvalue weighted by molar-refractivity contribution is 5.86. The topological polar surface area (TPSA) is 125 Å². The van der Waals surface area contributed by atoms with Crippen LogP contribution in [0.5, 0.6) is 0 Å². The van der Waals surface area contributed by atoms with Gasteiger partial charge in [-0.25, -0.2) is 9.78 Å². The number of aliphatic carboxylic acids is 1. The maximum Gasteiger partial charge on any atom is 0.329 e. The number of nitrogens with one attached hydrogen (secondary N) is 2. The van der Waals surface area contributed by atoms with Crippen molar-refractivity contribution in [2.75, 3.05) is 13.1 Å². The van der Waals surface area contributed by atoms with Crippen molar-refractivity contribution in [3.05, 3.63) is 54.1 Å². The van der Waals surface area contributed by atoms with Gasteiger partial charge in [0.2, 0.25) is 5.91 Å². The average molecular weight is 416 g/mol. The number of carbonyl (C=O) groups is 3. The number of benzene rings is 1. The smallest absolute Gasteiger partial charge is 0.329 e. The fourth-order valence-electron chi connectivity index (χ4n) is 2.83. The zero-order valence-electron chi connectivity index (χ0n) is 17.4. The summed E-state index contributed by atoms with van der Waals surface area (Å²) in [6.07, 6.45) is 3.23. The van der Waals surface area contributed by atoms with E-state index in [1.165, 1.54) is 11.2 Å². The van der Waals surface area contributed by atoms with E-state index in [4.69, 9.17) is 4.74 Å². The Morgan fingerprint density at radius 1 is 1.20 bits per heavy atom. The number of carbonyl (C=O) groups excluding carboxylic acids is 2. The Morgan fingerprint density at radius 2 is 1.90 bits per heavy atom. The third kappa shape index (κ3) is 8.44. The molecule has 0 fully saturated rings. The number of aromatic nitrogens is 2. The summed E-state index contributed by atoms with van der Waals surface area (Å²) >= 11 is 0. The summed E-state index contributed by atoms with van der Waals surface area (Å²) in [5, 5.41) is 11.9. The number of H-pyrrole nitrogens is 1. The second-order valence-corrected chi connectivity index (χ2v) is 7.96. The minimum atomic E-state index is -1.04. The molecule has 0 aliphatic heterocycles. The zero-order chi connectivity index (χ0) is 22.1. The molecule has 0 spiro atoms. The van der Waals surface area contributed by atoms with E-state index in [1.54, 1.807) is 27.0 Å². The second kappa shape index (κ2) is 10.5. The SMILES string of the molecule is CC(C)(C)OC(=O)[C@H](Cc1cnc[nH]1)NC(=O)CN(CC(=O)O)Cc1ccccc1. The van der Waals surface area contributed by atoms with Crippen LogP contribution >= 0.6 is 0 Å². The number of carboxylic acid groups (broad SMARTS) is 1. The number of hydrogen-bond acceptors (Lipinski definition) is 6. The van der Waals surface area contributed by atoms with Crippen LogP contribution in [0.25, 0.3) is 0 Å². The largest absolute Gasteiger partial charge is 0.480 e. The molecule has 1 aromatic carbocycles. The van der Waals surface area contributed by atoms with Crippen molar-refractivity contribution >= 4 is 17.8 Å². The fraction of sp³-hybridized carbons (Fsp3) is 0.429. The molecular weight excluding hydrogens is 388 g/mol. The van der Waals surface area contributed by atoms with Gasteiger partial charge in [-0.05, 0) is 26.3 Å². The number of nitrogens with zero attached hydrogens (tertiary/aromatic N) is 2. The summed E-state index contributed by atoms with van der Waals surface area (Å²) in [5.41, 5.74) is 0.835. The number of rotatable bonds is 10. The highest BCUT2D eigenvalue weighted by atomic mass is 16.6. The number of esters is 1.